The molecule has 0 saturated carbocycles. The standard InChI is InChI=1S/C16H23BO4S2/c1-15(2)16(3,4)21-17(20-15)13(11-22)10-12-6-8-14(9-7-12)23(5,18)19/h6-10,22H,11H2,1-5H3. The second kappa shape index (κ2) is 6.28. The highest BCUT2D eigenvalue weighted by atomic mass is 32.2. The summed E-state index contributed by atoms with van der Waals surface area (Å²) in [5, 5.41) is 0. The Morgan fingerprint density at radius 3 is 2.00 bits per heavy atom. The zero-order chi connectivity index (χ0) is 17.5. The summed E-state index contributed by atoms with van der Waals surface area (Å²) in [5.74, 6) is 0.491. The maximum absolute atomic E-state index is 11.5. The van der Waals surface area contributed by atoms with E-state index in [2.05, 4.69) is 12.6 Å². The van der Waals surface area contributed by atoms with Crippen LogP contribution in [0.3, 0.4) is 0 Å². The van der Waals surface area contributed by atoms with Crippen LogP contribution in [0.15, 0.2) is 34.6 Å². The number of hydrogen-bond donors (Lipinski definition) is 1. The first-order chi connectivity index (χ1) is 10.5. The molecule has 1 saturated heterocycles. The van der Waals surface area contributed by atoms with E-state index in [1.807, 2.05) is 33.8 Å². The maximum Gasteiger partial charge on any atom is 0.491 e. The Bertz CT molecular complexity index is 690. The molecule has 0 spiro atoms. The highest BCUT2D eigenvalue weighted by molar-refractivity contribution is 7.90. The molecule has 0 bridgehead atoms. The largest absolute Gasteiger partial charge is 0.491 e. The van der Waals surface area contributed by atoms with Crippen LogP contribution in [0.25, 0.3) is 6.08 Å². The van der Waals surface area contributed by atoms with Crippen molar-refractivity contribution in [2.45, 2.75) is 43.8 Å². The molecule has 1 aliphatic rings. The van der Waals surface area contributed by atoms with Gasteiger partial charge in [0, 0.05) is 12.0 Å². The van der Waals surface area contributed by atoms with Gasteiger partial charge in [-0.1, -0.05) is 18.2 Å². The van der Waals surface area contributed by atoms with E-state index in [1.54, 1.807) is 24.3 Å². The topological polar surface area (TPSA) is 52.6 Å². The molecule has 0 amide bonds. The number of rotatable bonds is 4. The first-order valence-electron chi connectivity index (χ1n) is 7.43. The molecule has 126 valence electrons. The van der Waals surface area contributed by atoms with E-state index in [0.717, 1.165) is 11.0 Å². The van der Waals surface area contributed by atoms with E-state index < -0.39 is 28.2 Å². The number of sulfone groups is 1. The second-order valence-corrected chi connectivity index (χ2v) is 9.14. The van der Waals surface area contributed by atoms with Gasteiger partial charge in [0.15, 0.2) is 9.84 Å². The summed E-state index contributed by atoms with van der Waals surface area (Å²) in [5.41, 5.74) is 0.981. The normalized spacial score (nSPS) is 20.8. The van der Waals surface area contributed by atoms with Gasteiger partial charge in [-0.15, -0.1) is 0 Å². The summed E-state index contributed by atoms with van der Waals surface area (Å²) in [6.45, 7) is 8.02. The average Bonchev–Trinajstić information content (AvgIpc) is 2.64. The number of thiol groups is 1. The summed E-state index contributed by atoms with van der Waals surface area (Å²) < 4.78 is 35.1. The minimum Gasteiger partial charge on any atom is -0.400 e. The Hall–Kier alpha value is -0.755. The van der Waals surface area contributed by atoms with E-state index in [4.69, 9.17) is 9.31 Å². The van der Waals surface area contributed by atoms with Crippen molar-refractivity contribution in [3.8, 4) is 0 Å². The minimum atomic E-state index is -3.19. The van der Waals surface area contributed by atoms with Gasteiger partial charge in [-0.2, -0.15) is 12.6 Å². The lowest BCUT2D eigenvalue weighted by atomic mass is 9.78. The maximum atomic E-state index is 11.5. The monoisotopic (exact) mass is 354 g/mol. The van der Waals surface area contributed by atoms with Crippen LogP contribution in [-0.2, 0) is 19.1 Å². The molecule has 23 heavy (non-hydrogen) atoms. The van der Waals surface area contributed by atoms with Gasteiger partial charge in [-0.25, -0.2) is 8.42 Å². The molecule has 1 heterocycles. The molecule has 0 aromatic heterocycles. The van der Waals surface area contributed by atoms with Gasteiger partial charge in [0.25, 0.3) is 0 Å². The molecular weight excluding hydrogens is 331 g/mol. The molecule has 0 radical (unpaired) electrons. The van der Waals surface area contributed by atoms with Crippen LogP contribution in [-0.4, -0.2) is 38.7 Å². The molecule has 1 aromatic carbocycles. The fourth-order valence-electron chi connectivity index (χ4n) is 2.21. The van der Waals surface area contributed by atoms with E-state index in [1.165, 1.54) is 6.26 Å². The molecular formula is C16H23BO4S2. The van der Waals surface area contributed by atoms with Crippen molar-refractivity contribution in [1.82, 2.24) is 0 Å². The van der Waals surface area contributed by atoms with E-state index in [0.29, 0.717) is 10.6 Å². The Kier molecular flexibility index (Phi) is 5.07. The fraction of sp³-hybridized carbons (Fsp3) is 0.500. The van der Waals surface area contributed by atoms with Crippen molar-refractivity contribution in [3.05, 3.63) is 35.3 Å². The van der Waals surface area contributed by atoms with Gasteiger partial charge in [0.1, 0.15) is 0 Å². The summed E-state index contributed by atoms with van der Waals surface area (Å²) in [6, 6.07) is 6.74. The summed E-state index contributed by atoms with van der Waals surface area (Å²) in [4.78, 5) is 0.303. The molecule has 4 nitrogen and oxygen atoms in total. The molecule has 0 aliphatic carbocycles. The minimum absolute atomic E-state index is 0.303. The molecule has 1 fully saturated rings. The number of hydrogen-bond acceptors (Lipinski definition) is 5. The van der Waals surface area contributed by atoms with Gasteiger partial charge in [0.2, 0.25) is 0 Å². The molecule has 0 N–H and O–H groups in total. The van der Waals surface area contributed by atoms with Crippen LogP contribution in [0.5, 0.6) is 0 Å². The van der Waals surface area contributed by atoms with Crippen molar-refractivity contribution in [1.29, 1.82) is 0 Å². The van der Waals surface area contributed by atoms with E-state index in [9.17, 15) is 8.42 Å². The third-order valence-corrected chi connectivity index (χ3v) is 5.89. The van der Waals surface area contributed by atoms with E-state index >= 15 is 0 Å². The first kappa shape index (κ1) is 18.6. The molecule has 1 aliphatic heterocycles. The SMILES string of the molecule is CC1(C)OB(C(=Cc2ccc(S(C)(=O)=O)cc2)CS)OC1(C)C. The summed E-state index contributed by atoms with van der Waals surface area (Å²) in [7, 11) is -3.64. The molecule has 0 unspecified atom stereocenters. The van der Waals surface area contributed by atoms with Crippen molar-refractivity contribution in [2.24, 2.45) is 0 Å². The first-order valence-corrected chi connectivity index (χ1v) is 9.96. The lowest BCUT2D eigenvalue weighted by molar-refractivity contribution is 0.00578. The molecule has 7 heteroatoms. The van der Waals surface area contributed by atoms with Crippen LogP contribution in [0, 0.1) is 0 Å². The Labute approximate surface area is 144 Å². The van der Waals surface area contributed by atoms with Crippen molar-refractivity contribution >= 4 is 35.7 Å². The predicted molar refractivity (Wildman–Crippen MR) is 97.5 cm³/mol. The van der Waals surface area contributed by atoms with Gasteiger partial charge in [0.05, 0.1) is 16.1 Å². The van der Waals surface area contributed by atoms with Crippen LogP contribution >= 0.6 is 12.6 Å². The zero-order valence-corrected chi connectivity index (χ0v) is 15.9. The fourth-order valence-corrected chi connectivity index (χ4v) is 3.08. The average molecular weight is 354 g/mol. The Morgan fingerprint density at radius 2 is 1.61 bits per heavy atom. The molecule has 1 aromatic rings. The Morgan fingerprint density at radius 1 is 1.13 bits per heavy atom. The van der Waals surface area contributed by atoms with Gasteiger partial charge in [-0.3, -0.25) is 0 Å². The second-order valence-electron chi connectivity index (χ2n) is 6.81. The summed E-state index contributed by atoms with van der Waals surface area (Å²) >= 11 is 4.38. The third kappa shape index (κ3) is 4.02. The van der Waals surface area contributed by atoms with Crippen molar-refractivity contribution in [3.63, 3.8) is 0 Å². The van der Waals surface area contributed by atoms with Crippen LogP contribution in [0.2, 0.25) is 0 Å². The smallest absolute Gasteiger partial charge is 0.400 e. The van der Waals surface area contributed by atoms with Crippen LogP contribution < -0.4 is 0 Å². The van der Waals surface area contributed by atoms with Gasteiger partial charge < -0.3 is 9.31 Å². The van der Waals surface area contributed by atoms with Crippen LogP contribution in [0.1, 0.15) is 33.3 Å². The highest BCUT2D eigenvalue weighted by Gasteiger charge is 2.52. The number of benzene rings is 1. The molecule has 0 atom stereocenters. The zero-order valence-electron chi connectivity index (χ0n) is 14.2. The Balaban J connectivity index is 2.27. The van der Waals surface area contributed by atoms with Gasteiger partial charge in [-0.05, 0) is 50.9 Å². The summed E-state index contributed by atoms with van der Waals surface area (Å²) in [6.07, 6.45) is 3.13. The van der Waals surface area contributed by atoms with Crippen molar-refractivity contribution in [2.75, 3.05) is 12.0 Å². The third-order valence-electron chi connectivity index (χ3n) is 4.40. The van der Waals surface area contributed by atoms with Crippen LogP contribution in [0.4, 0.5) is 0 Å². The lowest BCUT2D eigenvalue weighted by Gasteiger charge is -2.32. The quantitative estimate of drug-likeness (QED) is 0.667. The molecule has 2 rings (SSSR count). The lowest BCUT2D eigenvalue weighted by Crippen LogP contribution is -2.41. The van der Waals surface area contributed by atoms with E-state index in [-0.39, 0.29) is 0 Å². The van der Waals surface area contributed by atoms with Gasteiger partial charge >= 0.3 is 7.12 Å². The predicted octanol–water partition coefficient (Wildman–Crippen LogP) is 3.03. The van der Waals surface area contributed by atoms with Crippen molar-refractivity contribution < 1.29 is 17.7 Å². The highest BCUT2D eigenvalue weighted by Crippen LogP contribution is 2.39.